The summed E-state index contributed by atoms with van der Waals surface area (Å²) in [6, 6.07) is 12.9. The van der Waals surface area contributed by atoms with Crippen molar-refractivity contribution in [2.24, 2.45) is 5.73 Å². The molecule has 0 saturated carbocycles. The van der Waals surface area contributed by atoms with Crippen molar-refractivity contribution in [3.8, 4) is 5.75 Å². The van der Waals surface area contributed by atoms with Gasteiger partial charge >= 0.3 is 0 Å². The molecular formula is C16H21Cl2N3O2. The molecule has 0 fully saturated rings. The van der Waals surface area contributed by atoms with Crippen LogP contribution in [-0.2, 0) is 4.79 Å². The molecule has 0 aliphatic carbocycles. The van der Waals surface area contributed by atoms with Crippen LogP contribution in [0.15, 0.2) is 54.9 Å². The van der Waals surface area contributed by atoms with Gasteiger partial charge in [0.25, 0.3) is 5.91 Å². The second kappa shape index (κ2) is 10.8. The molecule has 2 aromatic rings. The van der Waals surface area contributed by atoms with Crippen LogP contribution in [0.5, 0.6) is 5.75 Å². The molecule has 2 atom stereocenters. The van der Waals surface area contributed by atoms with Gasteiger partial charge in [-0.15, -0.1) is 24.8 Å². The van der Waals surface area contributed by atoms with E-state index in [9.17, 15) is 4.79 Å². The summed E-state index contributed by atoms with van der Waals surface area (Å²) >= 11 is 0. The van der Waals surface area contributed by atoms with Crippen molar-refractivity contribution in [2.75, 3.05) is 6.54 Å². The summed E-state index contributed by atoms with van der Waals surface area (Å²) in [4.78, 5) is 15.9. The number of hydrogen-bond donors (Lipinski definition) is 2. The van der Waals surface area contributed by atoms with E-state index in [0.29, 0.717) is 12.3 Å². The number of carbonyl (C=O) groups is 1. The van der Waals surface area contributed by atoms with E-state index in [1.54, 1.807) is 31.5 Å². The Labute approximate surface area is 148 Å². The highest BCUT2D eigenvalue weighted by atomic mass is 35.5. The monoisotopic (exact) mass is 357 g/mol. The summed E-state index contributed by atoms with van der Waals surface area (Å²) in [7, 11) is 0. The van der Waals surface area contributed by atoms with E-state index in [-0.39, 0.29) is 36.8 Å². The van der Waals surface area contributed by atoms with Crippen LogP contribution >= 0.6 is 24.8 Å². The Balaban J connectivity index is 0.00000242. The molecule has 0 spiro atoms. The van der Waals surface area contributed by atoms with Crippen LogP contribution < -0.4 is 15.8 Å². The predicted octanol–water partition coefficient (Wildman–Crippen LogP) is 2.51. The Morgan fingerprint density at radius 1 is 1.22 bits per heavy atom. The van der Waals surface area contributed by atoms with Gasteiger partial charge in [-0.1, -0.05) is 30.3 Å². The molecular weight excluding hydrogens is 337 g/mol. The zero-order chi connectivity index (χ0) is 15.1. The van der Waals surface area contributed by atoms with Gasteiger partial charge in [0.1, 0.15) is 5.75 Å². The van der Waals surface area contributed by atoms with Crippen molar-refractivity contribution in [1.29, 1.82) is 0 Å². The highest BCUT2D eigenvalue weighted by molar-refractivity contribution is 5.85. The normalized spacial score (nSPS) is 12.1. The van der Waals surface area contributed by atoms with Crippen LogP contribution in [0, 0.1) is 0 Å². The Hall–Kier alpha value is -1.82. The van der Waals surface area contributed by atoms with Crippen molar-refractivity contribution in [1.82, 2.24) is 10.3 Å². The van der Waals surface area contributed by atoms with Gasteiger partial charge < -0.3 is 15.8 Å². The standard InChI is InChI=1S/C16H19N3O2.2ClH/c1-12(21-14-8-5-9-18-10-14)16(20)19-11-15(17)13-6-3-2-4-7-13;;/h2-10,12,15H,11,17H2,1H3,(H,19,20);2*1H. The second-order valence-electron chi connectivity index (χ2n) is 4.71. The van der Waals surface area contributed by atoms with Crippen LogP contribution in [0.25, 0.3) is 0 Å². The molecule has 2 unspecified atom stereocenters. The number of hydrogen-bond acceptors (Lipinski definition) is 4. The van der Waals surface area contributed by atoms with Gasteiger partial charge in [0, 0.05) is 18.8 Å². The van der Waals surface area contributed by atoms with E-state index in [0.717, 1.165) is 5.56 Å². The zero-order valence-electron chi connectivity index (χ0n) is 12.7. The van der Waals surface area contributed by atoms with Crippen molar-refractivity contribution < 1.29 is 9.53 Å². The number of benzene rings is 1. The number of halogens is 2. The first-order chi connectivity index (χ1) is 10.2. The molecule has 2 rings (SSSR count). The van der Waals surface area contributed by atoms with Crippen molar-refractivity contribution in [2.45, 2.75) is 19.1 Å². The maximum absolute atomic E-state index is 12.0. The van der Waals surface area contributed by atoms with E-state index in [1.165, 1.54) is 0 Å². The van der Waals surface area contributed by atoms with Gasteiger partial charge in [0.05, 0.1) is 6.20 Å². The van der Waals surface area contributed by atoms with E-state index in [4.69, 9.17) is 10.5 Å². The van der Waals surface area contributed by atoms with Gasteiger partial charge in [-0.25, -0.2) is 0 Å². The van der Waals surface area contributed by atoms with E-state index in [2.05, 4.69) is 10.3 Å². The maximum atomic E-state index is 12.0. The summed E-state index contributed by atoms with van der Waals surface area (Å²) in [6.45, 7) is 2.06. The smallest absolute Gasteiger partial charge is 0.260 e. The Morgan fingerprint density at radius 3 is 2.52 bits per heavy atom. The molecule has 7 heteroatoms. The Morgan fingerprint density at radius 2 is 1.91 bits per heavy atom. The maximum Gasteiger partial charge on any atom is 0.260 e. The molecule has 126 valence electrons. The number of ether oxygens (including phenoxy) is 1. The molecule has 0 aliphatic rings. The molecule has 0 bridgehead atoms. The van der Waals surface area contributed by atoms with Crippen molar-refractivity contribution in [3.63, 3.8) is 0 Å². The number of nitrogens with one attached hydrogen (secondary N) is 1. The Bertz CT molecular complexity index is 570. The molecule has 0 radical (unpaired) electrons. The lowest BCUT2D eigenvalue weighted by Gasteiger charge is -2.17. The van der Waals surface area contributed by atoms with Crippen LogP contribution in [0.3, 0.4) is 0 Å². The van der Waals surface area contributed by atoms with Crippen LogP contribution in [0.4, 0.5) is 0 Å². The summed E-state index contributed by atoms with van der Waals surface area (Å²) in [6.07, 6.45) is 2.62. The van der Waals surface area contributed by atoms with Gasteiger partial charge in [-0.3, -0.25) is 9.78 Å². The van der Waals surface area contributed by atoms with E-state index in [1.807, 2.05) is 30.3 Å². The fourth-order valence-corrected chi connectivity index (χ4v) is 1.85. The van der Waals surface area contributed by atoms with Crippen LogP contribution in [0.2, 0.25) is 0 Å². The van der Waals surface area contributed by atoms with Gasteiger partial charge in [0.15, 0.2) is 6.10 Å². The molecule has 0 aliphatic heterocycles. The number of aromatic nitrogens is 1. The number of nitrogens with zero attached hydrogens (tertiary/aromatic N) is 1. The van der Waals surface area contributed by atoms with Crippen LogP contribution in [0.1, 0.15) is 18.5 Å². The van der Waals surface area contributed by atoms with Crippen molar-refractivity contribution >= 4 is 30.7 Å². The summed E-state index contributed by atoms with van der Waals surface area (Å²) in [5, 5.41) is 2.79. The summed E-state index contributed by atoms with van der Waals surface area (Å²) in [5.74, 6) is 0.359. The predicted molar refractivity (Wildman–Crippen MR) is 95.2 cm³/mol. The zero-order valence-corrected chi connectivity index (χ0v) is 14.3. The highest BCUT2D eigenvalue weighted by Gasteiger charge is 2.15. The van der Waals surface area contributed by atoms with Crippen LogP contribution in [-0.4, -0.2) is 23.5 Å². The first kappa shape index (κ1) is 21.2. The molecule has 3 N–H and O–H groups in total. The molecule has 1 aromatic carbocycles. The number of rotatable bonds is 6. The largest absolute Gasteiger partial charge is 0.479 e. The number of pyridine rings is 1. The SMILES string of the molecule is CC(Oc1cccnc1)C(=O)NCC(N)c1ccccc1.Cl.Cl. The number of carbonyl (C=O) groups excluding carboxylic acids is 1. The lowest BCUT2D eigenvalue weighted by molar-refractivity contribution is -0.127. The summed E-state index contributed by atoms with van der Waals surface area (Å²) < 4.78 is 5.50. The lowest BCUT2D eigenvalue weighted by atomic mass is 10.1. The first-order valence-corrected chi connectivity index (χ1v) is 6.81. The van der Waals surface area contributed by atoms with Gasteiger partial charge in [0.2, 0.25) is 0 Å². The minimum Gasteiger partial charge on any atom is -0.479 e. The average Bonchev–Trinajstić information content (AvgIpc) is 2.54. The van der Waals surface area contributed by atoms with Gasteiger partial charge in [-0.2, -0.15) is 0 Å². The van der Waals surface area contributed by atoms with E-state index >= 15 is 0 Å². The number of amides is 1. The molecule has 1 aromatic heterocycles. The average molecular weight is 358 g/mol. The first-order valence-electron chi connectivity index (χ1n) is 6.81. The molecule has 1 heterocycles. The number of nitrogens with two attached hydrogens (primary N) is 1. The molecule has 1 amide bonds. The lowest BCUT2D eigenvalue weighted by Crippen LogP contribution is -2.39. The Kier molecular flexibility index (Phi) is 9.97. The minimum absolute atomic E-state index is 0. The second-order valence-corrected chi connectivity index (χ2v) is 4.71. The minimum atomic E-state index is -0.600. The van der Waals surface area contributed by atoms with Crippen molar-refractivity contribution in [3.05, 3.63) is 60.4 Å². The fraction of sp³-hybridized carbons (Fsp3) is 0.250. The quantitative estimate of drug-likeness (QED) is 0.832. The molecule has 0 saturated heterocycles. The third kappa shape index (κ3) is 6.86. The van der Waals surface area contributed by atoms with E-state index < -0.39 is 6.10 Å². The molecule has 23 heavy (non-hydrogen) atoms. The highest BCUT2D eigenvalue weighted by Crippen LogP contribution is 2.10. The topological polar surface area (TPSA) is 77.2 Å². The molecule has 5 nitrogen and oxygen atoms in total. The summed E-state index contributed by atoms with van der Waals surface area (Å²) in [5.41, 5.74) is 7.02. The fourth-order valence-electron chi connectivity index (χ4n) is 1.85. The third-order valence-electron chi connectivity index (χ3n) is 3.04. The van der Waals surface area contributed by atoms with Gasteiger partial charge in [-0.05, 0) is 24.6 Å². The third-order valence-corrected chi connectivity index (χ3v) is 3.04.